The van der Waals surface area contributed by atoms with Crippen LogP contribution in [0.2, 0.25) is 0 Å². The molecular formula is C24H30O4. The van der Waals surface area contributed by atoms with Gasteiger partial charge in [0.25, 0.3) is 0 Å². The summed E-state index contributed by atoms with van der Waals surface area (Å²) in [6.45, 7) is 7.92. The van der Waals surface area contributed by atoms with Gasteiger partial charge in [0.05, 0.1) is 0 Å². The number of hydrogen-bond acceptors (Lipinski definition) is 4. The van der Waals surface area contributed by atoms with Crippen molar-refractivity contribution in [2.24, 2.45) is 34.5 Å². The number of ketones is 2. The maximum Gasteiger partial charge on any atom is 0.303 e. The highest BCUT2D eigenvalue weighted by atomic mass is 16.5. The minimum Gasteiger partial charge on any atom is -0.458 e. The molecule has 4 rings (SSSR count). The molecule has 4 nitrogen and oxygen atoms in total. The highest BCUT2D eigenvalue weighted by molar-refractivity contribution is 6.01. The number of carbonyl (C=O) groups is 3. The lowest BCUT2D eigenvalue weighted by molar-refractivity contribution is -0.148. The van der Waals surface area contributed by atoms with E-state index in [1.165, 1.54) is 18.1 Å². The number of rotatable bonds is 3. The summed E-state index contributed by atoms with van der Waals surface area (Å²) in [5.74, 6) is 0.894. The van der Waals surface area contributed by atoms with E-state index in [1.54, 1.807) is 6.08 Å². The molecule has 0 aromatic heterocycles. The molecule has 4 aliphatic carbocycles. The Hall–Kier alpha value is -1.97. The van der Waals surface area contributed by atoms with Crippen LogP contribution in [0.3, 0.4) is 0 Å². The van der Waals surface area contributed by atoms with Crippen LogP contribution in [0.1, 0.15) is 53.4 Å². The van der Waals surface area contributed by atoms with Crippen LogP contribution in [0.4, 0.5) is 0 Å². The van der Waals surface area contributed by atoms with E-state index in [0.717, 1.165) is 25.7 Å². The molecule has 0 saturated heterocycles. The molecule has 0 aromatic rings. The first kappa shape index (κ1) is 19.4. The van der Waals surface area contributed by atoms with Crippen LogP contribution in [0.15, 0.2) is 35.5 Å². The number of fused-ring (bicyclic) bond motifs is 5. The first-order chi connectivity index (χ1) is 13.2. The monoisotopic (exact) mass is 382 g/mol. The Labute approximate surface area is 167 Å². The topological polar surface area (TPSA) is 60.4 Å². The van der Waals surface area contributed by atoms with Crippen molar-refractivity contribution in [2.75, 3.05) is 6.61 Å². The molecule has 0 spiro atoms. The second-order valence-electron chi connectivity index (χ2n) is 9.67. The van der Waals surface area contributed by atoms with Crippen molar-refractivity contribution in [1.29, 1.82) is 0 Å². The maximum atomic E-state index is 13.0. The zero-order chi connectivity index (χ0) is 20.3. The van der Waals surface area contributed by atoms with Gasteiger partial charge in [0.2, 0.25) is 0 Å². The van der Waals surface area contributed by atoms with E-state index in [9.17, 15) is 14.4 Å². The lowest BCUT2D eigenvalue weighted by Crippen LogP contribution is -2.45. The second kappa shape index (κ2) is 6.53. The van der Waals surface area contributed by atoms with Crippen molar-refractivity contribution in [3.8, 4) is 0 Å². The van der Waals surface area contributed by atoms with E-state index < -0.39 is 5.97 Å². The molecule has 0 radical (unpaired) electrons. The predicted molar refractivity (Wildman–Crippen MR) is 106 cm³/mol. The van der Waals surface area contributed by atoms with E-state index in [1.807, 2.05) is 6.08 Å². The highest BCUT2D eigenvalue weighted by Gasteiger charge is 2.59. The smallest absolute Gasteiger partial charge is 0.303 e. The quantitative estimate of drug-likeness (QED) is 0.542. The van der Waals surface area contributed by atoms with Gasteiger partial charge in [-0.2, -0.15) is 0 Å². The van der Waals surface area contributed by atoms with E-state index in [0.29, 0.717) is 17.8 Å². The average molecular weight is 383 g/mol. The summed E-state index contributed by atoms with van der Waals surface area (Å²) >= 11 is 0. The molecule has 0 amide bonds. The minimum atomic E-state index is -0.398. The molecule has 0 aliphatic heterocycles. The number of Topliss-reactive ketones (excluding diaryl/α,β-unsaturated/α-hetero) is 1. The van der Waals surface area contributed by atoms with Crippen LogP contribution < -0.4 is 0 Å². The fourth-order valence-electron chi connectivity index (χ4n) is 6.84. The first-order valence-electron chi connectivity index (χ1n) is 10.5. The van der Waals surface area contributed by atoms with Crippen LogP contribution >= 0.6 is 0 Å². The summed E-state index contributed by atoms with van der Waals surface area (Å²) in [7, 11) is 0. The minimum absolute atomic E-state index is 0.0651. The van der Waals surface area contributed by atoms with Crippen molar-refractivity contribution in [3.63, 3.8) is 0 Å². The summed E-state index contributed by atoms with van der Waals surface area (Å²) in [4.78, 5) is 36.0. The van der Waals surface area contributed by atoms with Gasteiger partial charge in [-0.25, -0.2) is 0 Å². The molecule has 4 unspecified atom stereocenters. The normalized spacial score (nSPS) is 41.4. The number of ether oxygens (including phenoxy) is 1. The fraction of sp³-hybridized carbons (Fsp3) is 0.625. The number of allylic oxidation sites excluding steroid dienone is 6. The van der Waals surface area contributed by atoms with Gasteiger partial charge < -0.3 is 4.74 Å². The number of hydrogen-bond donors (Lipinski definition) is 0. The second-order valence-corrected chi connectivity index (χ2v) is 9.67. The molecule has 6 atom stereocenters. The Balaban J connectivity index is 1.66. The van der Waals surface area contributed by atoms with Gasteiger partial charge in [-0.15, -0.1) is 0 Å². The van der Waals surface area contributed by atoms with Crippen LogP contribution in [0.5, 0.6) is 0 Å². The third-order valence-electron chi connectivity index (χ3n) is 8.05. The SMILES string of the molecule is CC(=O)OCC(=O)[C@H]1C(C)CC2C3CCC4=CC(=O)C=CC4(C)C3=CC[C@@]21C. The van der Waals surface area contributed by atoms with E-state index in [-0.39, 0.29) is 34.9 Å². The number of esters is 1. The van der Waals surface area contributed by atoms with Crippen molar-refractivity contribution in [1.82, 2.24) is 0 Å². The maximum absolute atomic E-state index is 13.0. The summed E-state index contributed by atoms with van der Waals surface area (Å²) in [5, 5.41) is 0. The van der Waals surface area contributed by atoms with E-state index in [4.69, 9.17) is 4.74 Å². The van der Waals surface area contributed by atoms with Gasteiger partial charge in [-0.05, 0) is 67.9 Å². The summed E-state index contributed by atoms with van der Waals surface area (Å²) < 4.78 is 5.04. The molecule has 150 valence electrons. The van der Waals surface area contributed by atoms with Gasteiger partial charge in [-0.1, -0.05) is 37.1 Å². The first-order valence-corrected chi connectivity index (χ1v) is 10.5. The van der Waals surface area contributed by atoms with Gasteiger partial charge in [0.15, 0.2) is 11.6 Å². The van der Waals surface area contributed by atoms with E-state index >= 15 is 0 Å². The lowest BCUT2D eigenvalue weighted by Gasteiger charge is -2.52. The molecule has 4 heteroatoms. The Bertz CT molecular complexity index is 832. The molecular weight excluding hydrogens is 352 g/mol. The molecule has 28 heavy (non-hydrogen) atoms. The highest BCUT2D eigenvalue weighted by Crippen LogP contribution is 2.65. The van der Waals surface area contributed by atoms with Gasteiger partial charge in [0, 0.05) is 18.3 Å². The molecule has 0 aromatic carbocycles. The van der Waals surface area contributed by atoms with E-state index in [2.05, 4.69) is 32.9 Å². The Morgan fingerprint density at radius 1 is 1.29 bits per heavy atom. The van der Waals surface area contributed by atoms with Crippen LogP contribution in [0.25, 0.3) is 0 Å². The molecule has 2 fully saturated rings. The number of carbonyl (C=O) groups excluding carboxylic acids is 3. The summed E-state index contributed by atoms with van der Waals surface area (Å²) in [6.07, 6.45) is 11.9. The molecule has 0 heterocycles. The lowest BCUT2D eigenvalue weighted by atomic mass is 9.52. The molecule has 2 saturated carbocycles. The van der Waals surface area contributed by atoms with Gasteiger partial charge in [0.1, 0.15) is 6.61 Å². The Morgan fingerprint density at radius 3 is 2.75 bits per heavy atom. The zero-order valence-corrected chi connectivity index (χ0v) is 17.3. The zero-order valence-electron chi connectivity index (χ0n) is 17.3. The Kier molecular flexibility index (Phi) is 4.52. The van der Waals surface area contributed by atoms with Crippen LogP contribution in [0, 0.1) is 34.5 Å². The Morgan fingerprint density at radius 2 is 2.04 bits per heavy atom. The fourth-order valence-corrected chi connectivity index (χ4v) is 6.84. The predicted octanol–water partition coefficient (Wildman–Crippen LogP) is 4.21. The standard InChI is InChI=1S/C24H30O4/c1-14-11-20-18-6-5-16-12-17(26)7-9-23(16,3)19(18)8-10-24(20,4)22(14)21(27)13-28-15(2)25/h7-9,12,14,18,20,22H,5-6,10-11,13H2,1-4H3/t14?,18?,20?,22-,23?,24+/m1/s1. The van der Waals surface area contributed by atoms with Crippen molar-refractivity contribution in [3.05, 3.63) is 35.5 Å². The third kappa shape index (κ3) is 2.75. The third-order valence-corrected chi connectivity index (χ3v) is 8.05. The van der Waals surface area contributed by atoms with Crippen molar-refractivity contribution in [2.45, 2.75) is 53.4 Å². The van der Waals surface area contributed by atoms with Crippen molar-refractivity contribution < 1.29 is 19.1 Å². The molecule has 0 N–H and O–H groups in total. The van der Waals surface area contributed by atoms with Gasteiger partial charge in [-0.3, -0.25) is 14.4 Å². The van der Waals surface area contributed by atoms with Crippen LogP contribution in [-0.4, -0.2) is 24.1 Å². The molecule has 0 bridgehead atoms. The summed E-state index contributed by atoms with van der Waals surface area (Å²) in [6, 6.07) is 0. The average Bonchev–Trinajstić information content (AvgIpc) is 2.90. The van der Waals surface area contributed by atoms with Crippen molar-refractivity contribution >= 4 is 17.5 Å². The van der Waals surface area contributed by atoms with Gasteiger partial charge >= 0.3 is 5.97 Å². The van der Waals surface area contributed by atoms with Crippen LogP contribution in [-0.2, 0) is 19.1 Å². The summed E-state index contributed by atoms with van der Waals surface area (Å²) in [5.41, 5.74) is 2.44. The molecule has 4 aliphatic rings. The largest absolute Gasteiger partial charge is 0.458 e.